The summed E-state index contributed by atoms with van der Waals surface area (Å²) in [5.41, 5.74) is 0.836. The van der Waals surface area contributed by atoms with Crippen LogP contribution in [-0.4, -0.2) is 32.2 Å². The number of amidine groups is 1. The third kappa shape index (κ3) is 4.28. The van der Waals surface area contributed by atoms with Gasteiger partial charge in [0.1, 0.15) is 5.84 Å². The van der Waals surface area contributed by atoms with E-state index in [1.165, 1.54) is 0 Å². The van der Waals surface area contributed by atoms with Crippen LogP contribution in [-0.2, 0) is 10.0 Å². The summed E-state index contributed by atoms with van der Waals surface area (Å²) in [6.07, 6.45) is 1.16. The van der Waals surface area contributed by atoms with E-state index in [4.69, 9.17) is 0 Å². The van der Waals surface area contributed by atoms with E-state index in [0.717, 1.165) is 25.1 Å². The SMILES string of the molecule is C[C@@H]1C[C@@H](C)CN(C(=NS(=O)(=O)c2ccccc2)c2ccccc2)C1. The number of likely N-dealkylation sites (tertiary alicyclic amines) is 1. The van der Waals surface area contributed by atoms with Gasteiger partial charge in [0.15, 0.2) is 0 Å². The molecule has 2 aromatic rings. The van der Waals surface area contributed by atoms with Crippen molar-refractivity contribution in [2.75, 3.05) is 13.1 Å². The summed E-state index contributed by atoms with van der Waals surface area (Å²) in [6, 6.07) is 18.0. The summed E-state index contributed by atoms with van der Waals surface area (Å²) in [5, 5.41) is 0. The van der Waals surface area contributed by atoms with Crippen LogP contribution >= 0.6 is 0 Å². The van der Waals surface area contributed by atoms with Crippen LogP contribution < -0.4 is 0 Å². The van der Waals surface area contributed by atoms with Crippen LogP contribution in [0.15, 0.2) is 70.0 Å². The van der Waals surface area contributed by atoms with Crippen LogP contribution in [0.1, 0.15) is 25.8 Å². The summed E-state index contributed by atoms with van der Waals surface area (Å²) in [7, 11) is -3.75. The smallest absolute Gasteiger partial charge is 0.284 e. The molecule has 4 nitrogen and oxygen atoms in total. The second-order valence-electron chi connectivity index (χ2n) is 6.92. The summed E-state index contributed by atoms with van der Waals surface area (Å²) in [6.45, 7) is 6.05. The predicted octanol–water partition coefficient (Wildman–Crippen LogP) is 3.80. The molecular weight excluding hydrogens is 332 g/mol. The van der Waals surface area contributed by atoms with Crippen LogP contribution in [0.4, 0.5) is 0 Å². The Balaban J connectivity index is 2.05. The number of sulfonamides is 1. The molecule has 2 aromatic carbocycles. The highest BCUT2D eigenvalue weighted by Gasteiger charge is 2.27. The molecule has 0 aliphatic carbocycles. The Morgan fingerprint density at radius 2 is 1.44 bits per heavy atom. The van der Waals surface area contributed by atoms with Crippen LogP contribution in [0.2, 0.25) is 0 Å². The lowest BCUT2D eigenvalue weighted by Gasteiger charge is -2.37. The zero-order chi connectivity index (χ0) is 17.9. The van der Waals surface area contributed by atoms with Crippen molar-refractivity contribution in [3.63, 3.8) is 0 Å². The van der Waals surface area contributed by atoms with Crippen molar-refractivity contribution in [2.45, 2.75) is 25.2 Å². The lowest BCUT2D eigenvalue weighted by molar-refractivity contribution is 0.214. The van der Waals surface area contributed by atoms with Crippen molar-refractivity contribution in [1.82, 2.24) is 4.90 Å². The Morgan fingerprint density at radius 3 is 2.00 bits per heavy atom. The molecule has 1 heterocycles. The number of hydrogen-bond donors (Lipinski definition) is 0. The van der Waals surface area contributed by atoms with E-state index in [-0.39, 0.29) is 4.90 Å². The van der Waals surface area contributed by atoms with E-state index in [0.29, 0.717) is 17.7 Å². The van der Waals surface area contributed by atoms with Gasteiger partial charge in [0.25, 0.3) is 10.0 Å². The molecule has 1 fully saturated rings. The summed E-state index contributed by atoms with van der Waals surface area (Å²) >= 11 is 0. The monoisotopic (exact) mass is 356 g/mol. The summed E-state index contributed by atoms with van der Waals surface area (Å²) in [4.78, 5) is 2.34. The third-order valence-electron chi connectivity index (χ3n) is 4.45. The Labute approximate surface area is 150 Å². The molecule has 0 N–H and O–H groups in total. The molecule has 0 bridgehead atoms. The molecule has 0 radical (unpaired) electrons. The standard InChI is InChI=1S/C20H24N2O2S/c1-16-13-17(2)15-22(14-16)20(18-9-5-3-6-10-18)21-25(23,24)19-11-7-4-8-12-19/h3-12,16-17H,13-15H2,1-2H3/t16-,17-/m1/s1. The first-order chi connectivity index (χ1) is 12.0. The predicted molar refractivity (Wildman–Crippen MR) is 101 cm³/mol. The number of piperidine rings is 1. The minimum absolute atomic E-state index is 0.224. The Bertz CT molecular complexity index is 823. The molecule has 0 amide bonds. The van der Waals surface area contributed by atoms with Gasteiger partial charge in [-0.3, -0.25) is 0 Å². The lowest BCUT2D eigenvalue weighted by Crippen LogP contribution is -2.43. The van der Waals surface area contributed by atoms with Crippen molar-refractivity contribution < 1.29 is 8.42 Å². The molecule has 0 spiro atoms. The van der Waals surface area contributed by atoms with Crippen molar-refractivity contribution >= 4 is 15.9 Å². The highest BCUT2D eigenvalue weighted by atomic mass is 32.2. The molecule has 0 saturated carbocycles. The molecule has 25 heavy (non-hydrogen) atoms. The van der Waals surface area contributed by atoms with Gasteiger partial charge in [-0.2, -0.15) is 8.42 Å². The average Bonchev–Trinajstić information content (AvgIpc) is 2.60. The molecule has 0 aromatic heterocycles. The number of hydrogen-bond acceptors (Lipinski definition) is 2. The Morgan fingerprint density at radius 1 is 0.920 bits per heavy atom. The molecule has 132 valence electrons. The molecule has 0 unspecified atom stereocenters. The fraction of sp³-hybridized carbons (Fsp3) is 0.350. The molecule has 3 rings (SSSR count). The summed E-state index contributed by atoms with van der Waals surface area (Å²) in [5.74, 6) is 1.57. The number of rotatable bonds is 3. The molecule has 1 aliphatic heterocycles. The fourth-order valence-electron chi connectivity index (χ4n) is 3.48. The zero-order valence-electron chi connectivity index (χ0n) is 14.7. The molecule has 1 aliphatic rings. The maximum Gasteiger partial charge on any atom is 0.284 e. The molecular formula is C20H24N2O2S. The first-order valence-corrected chi connectivity index (χ1v) is 10.1. The lowest BCUT2D eigenvalue weighted by atomic mass is 9.91. The van der Waals surface area contributed by atoms with Crippen molar-refractivity contribution in [2.24, 2.45) is 16.2 Å². The van der Waals surface area contributed by atoms with E-state index in [1.807, 2.05) is 30.3 Å². The van der Waals surface area contributed by atoms with E-state index in [1.54, 1.807) is 30.3 Å². The van der Waals surface area contributed by atoms with Crippen molar-refractivity contribution in [3.05, 3.63) is 66.2 Å². The maximum absolute atomic E-state index is 12.8. The van der Waals surface area contributed by atoms with E-state index < -0.39 is 10.0 Å². The Kier molecular flexibility index (Phi) is 5.23. The van der Waals surface area contributed by atoms with E-state index >= 15 is 0 Å². The van der Waals surface area contributed by atoms with Crippen LogP contribution in [0.3, 0.4) is 0 Å². The van der Waals surface area contributed by atoms with Crippen LogP contribution in [0, 0.1) is 11.8 Å². The van der Waals surface area contributed by atoms with Gasteiger partial charge >= 0.3 is 0 Å². The maximum atomic E-state index is 12.8. The van der Waals surface area contributed by atoms with Gasteiger partial charge in [0.2, 0.25) is 0 Å². The third-order valence-corrected chi connectivity index (χ3v) is 5.73. The van der Waals surface area contributed by atoms with Gasteiger partial charge in [-0.05, 0) is 30.4 Å². The van der Waals surface area contributed by atoms with Gasteiger partial charge in [-0.25, -0.2) is 0 Å². The van der Waals surface area contributed by atoms with Gasteiger partial charge in [0.05, 0.1) is 4.90 Å². The fourth-order valence-corrected chi connectivity index (χ4v) is 4.53. The van der Waals surface area contributed by atoms with Gasteiger partial charge in [-0.1, -0.05) is 62.4 Å². The second kappa shape index (κ2) is 7.40. The minimum Gasteiger partial charge on any atom is -0.355 e. The first-order valence-electron chi connectivity index (χ1n) is 8.66. The van der Waals surface area contributed by atoms with Crippen molar-refractivity contribution in [3.8, 4) is 0 Å². The normalized spacial score (nSPS) is 22.0. The quantitative estimate of drug-likeness (QED) is 0.621. The topological polar surface area (TPSA) is 49.7 Å². The number of benzene rings is 2. The average molecular weight is 356 g/mol. The first kappa shape index (κ1) is 17.7. The van der Waals surface area contributed by atoms with E-state index in [2.05, 4.69) is 23.1 Å². The molecule has 5 heteroatoms. The molecule has 2 atom stereocenters. The van der Waals surface area contributed by atoms with Gasteiger partial charge < -0.3 is 4.90 Å². The summed E-state index contributed by atoms with van der Waals surface area (Å²) < 4.78 is 29.9. The molecule has 1 saturated heterocycles. The second-order valence-corrected chi connectivity index (χ2v) is 8.52. The van der Waals surface area contributed by atoms with Crippen LogP contribution in [0.5, 0.6) is 0 Å². The van der Waals surface area contributed by atoms with Crippen LogP contribution in [0.25, 0.3) is 0 Å². The Hall–Kier alpha value is -2.14. The highest BCUT2D eigenvalue weighted by Crippen LogP contribution is 2.24. The highest BCUT2D eigenvalue weighted by molar-refractivity contribution is 7.90. The largest absolute Gasteiger partial charge is 0.355 e. The van der Waals surface area contributed by atoms with E-state index in [9.17, 15) is 8.42 Å². The minimum atomic E-state index is -3.75. The number of nitrogens with zero attached hydrogens (tertiary/aromatic N) is 2. The zero-order valence-corrected chi connectivity index (χ0v) is 15.5. The van der Waals surface area contributed by atoms with Gasteiger partial charge in [-0.15, -0.1) is 4.40 Å². The van der Waals surface area contributed by atoms with Gasteiger partial charge in [0, 0.05) is 18.7 Å². The van der Waals surface area contributed by atoms with Crippen molar-refractivity contribution in [1.29, 1.82) is 0 Å².